The Balaban J connectivity index is 1.69. The molecule has 2 saturated heterocycles. The van der Waals surface area contributed by atoms with Crippen LogP contribution in [0.3, 0.4) is 0 Å². The van der Waals surface area contributed by atoms with Crippen LogP contribution in [0.15, 0.2) is 0 Å². The monoisotopic (exact) mass is 266 g/mol. The fourth-order valence-corrected chi connectivity index (χ4v) is 4.24. The van der Waals surface area contributed by atoms with Gasteiger partial charge in [-0.1, -0.05) is 19.8 Å². The molecule has 3 rings (SSSR count). The molecular weight excluding hydrogens is 240 g/mol. The lowest BCUT2D eigenvalue weighted by Crippen LogP contribution is -2.47. The lowest BCUT2D eigenvalue weighted by molar-refractivity contribution is -0.161. The predicted molar refractivity (Wildman–Crippen MR) is 73.0 cm³/mol. The largest absolute Gasteiger partial charge is 0.381 e. The van der Waals surface area contributed by atoms with Crippen LogP contribution in [0, 0.1) is 11.3 Å². The highest BCUT2D eigenvalue weighted by atomic mass is 16.5. The molecule has 0 aromatic rings. The van der Waals surface area contributed by atoms with E-state index in [9.17, 15) is 4.79 Å². The maximum atomic E-state index is 12.9. The third-order valence-electron chi connectivity index (χ3n) is 5.57. The molecular formula is C16H26O3. The van der Waals surface area contributed by atoms with E-state index in [1.165, 1.54) is 12.8 Å². The van der Waals surface area contributed by atoms with Crippen molar-refractivity contribution in [3.8, 4) is 0 Å². The minimum absolute atomic E-state index is 0.0334. The fraction of sp³-hybridized carbons (Fsp3) is 0.938. The predicted octanol–water partition coefficient (Wildman–Crippen LogP) is 3.11. The third-order valence-corrected chi connectivity index (χ3v) is 5.57. The van der Waals surface area contributed by atoms with Gasteiger partial charge in [0.15, 0.2) is 0 Å². The molecule has 0 amide bonds. The molecule has 0 aromatic carbocycles. The molecule has 3 aliphatic rings. The average molecular weight is 266 g/mol. The van der Waals surface area contributed by atoms with Crippen LogP contribution >= 0.6 is 0 Å². The van der Waals surface area contributed by atoms with E-state index >= 15 is 0 Å². The minimum Gasteiger partial charge on any atom is -0.381 e. The number of carbonyl (C=O) groups is 1. The Kier molecular flexibility index (Phi) is 3.69. The normalized spacial score (nSPS) is 33.4. The molecule has 0 aromatic heterocycles. The Morgan fingerprint density at radius 2 is 1.74 bits per heavy atom. The van der Waals surface area contributed by atoms with Gasteiger partial charge in [-0.15, -0.1) is 0 Å². The van der Waals surface area contributed by atoms with E-state index in [0.29, 0.717) is 5.78 Å². The fourth-order valence-electron chi connectivity index (χ4n) is 4.24. The summed E-state index contributed by atoms with van der Waals surface area (Å²) in [4.78, 5) is 12.9. The second-order valence-electron chi connectivity index (χ2n) is 6.97. The smallest absolute Gasteiger partial charge is 0.142 e. The lowest BCUT2D eigenvalue weighted by Gasteiger charge is -2.44. The van der Waals surface area contributed by atoms with Crippen molar-refractivity contribution in [2.45, 2.75) is 63.9 Å². The molecule has 1 aliphatic carbocycles. The van der Waals surface area contributed by atoms with E-state index < -0.39 is 0 Å². The van der Waals surface area contributed by atoms with E-state index in [1.54, 1.807) is 0 Å². The highest BCUT2D eigenvalue weighted by Gasteiger charge is 2.46. The topological polar surface area (TPSA) is 35.5 Å². The first-order valence-corrected chi connectivity index (χ1v) is 7.90. The van der Waals surface area contributed by atoms with Gasteiger partial charge in [0.2, 0.25) is 0 Å². The minimum atomic E-state index is -0.0498. The zero-order valence-electron chi connectivity index (χ0n) is 12.1. The summed E-state index contributed by atoms with van der Waals surface area (Å²) in [5, 5.41) is 0. The van der Waals surface area contributed by atoms with Gasteiger partial charge in [0.05, 0.1) is 5.60 Å². The van der Waals surface area contributed by atoms with Crippen LogP contribution in [0.25, 0.3) is 0 Å². The Morgan fingerprint density at radius 1 is 1.05 bits per heavy atom. The highest BCUT2D eigenvalue weighted by molar-refractivity contribution is 5.87. The van der Waals surface area contributed by atoms with Crippen molar-refractivity contribution in [2.24, 2.45) is 11.3 Å². The molecule has 0 N–H and O–H groups in total. The quantitative estimate of drug-likeness (QED) is 0.770. The maximum absolute atomic E-state index is 12.9. The van der Waals surface area contributed by atoms with E-state index in [4.69, 9.17) is 9.47 Å². The first-order chi connectivity index (χ1) is 9.14. The van der Waals surface area contributed by atoms with Crippen LogP contribution in [0.5, 0.6) is 0 Å². The van der Waals surface area contributed by atoms with Crippen LogP contribution in [0.2, 0.25) is 0 Å². The van der Waals surface area contributed by atoms with Crippen molar-refractivity contribution in [1.82, 2.24) is 0 Å². The molecule has 3 fully saturated rings. The average Bonchev–Trinajstić information content (AvgIpc) is 2.87. The first kappa shape index (κ1) is 13.6. The summed E-state index contributed by atoms with van der Waals surface area (Å²) < 4.78 is 11.5. The van der Waals surface area contributed by atoms with Crippen LogP contribution in [-0.4, -0.2) is 31.2 Å². The lowest BCUT2D eigenvalue weighted by atomic mass is 9.71. The van der Waals surface area contributed by atoms with E-state index in [2.05, 4.69) is 6.92 Å². The first-order valence-electron chi connectivity index (χ1n) is 7.90. The summed E-state index contributed by atoms with van der Waals surface area (Å²) in [7, 11) is 0. The van der Waals surface area contributed by atoms with Gasteiger partial charge in [0.25, 0.3) is 0 Å². The number of carbonyl (C=O) groups excluding carboxylic acids is 1. The Labute approximate surface area is 116 Å². The summed E-state index contributed by atoms with van der Waals surface area (Å²) in [6.07, 6.45) is 8.44. The number of hydrogen-bond acceptors (Lipinski definition) is 3. The van der Waals surface area contributed by atoms with Gasteiger partial charge in [0.1, 0.15) is 5.78 Å². The molecule has 1 atom stereocenters. The standard InChI is InChI=1S/C16H26O3/c1-15(5-2-3-6-15)14(17)13-4-9-19-16(12-13)7-10-18-11-8-16/h13H,2-12H2,1H3. The summed E-state index contributed by atoms with van der Waals surface area (Å²) in [5.74, 6) is 0.758. The number of ketones is 1. The van der Waals surface area contributed by atoms with Crippen molar-refractivity contribution < 1.29 is 14.3 Å². The molecule has 1 spiro atoms. The zero-order chi connectivity index (χ0) is 13.3. The summed E-state index contributed by atoms with van der Waals surface area (Å²) in [6.45, 7) is 4.53. The van der Waals surface area contributed by atoms with Crippen LogP contribution in [0.4, 0.5) is 0 Å². The van der Waals surface area contributed by atoms with Gasteiger partial charge in [0, 0.05) is 31.2 Å². The van der Waals surface area contributed by atoms with Gasteiger partial charge in [-0.05, 0) is 38.5 Å². The van der Waals surface area contributed by atoms with Crippen LogP contribution < -0.4 is 0 Å². The second kappa shape index (κ2) is 5.17. The molecule has 0 bridgehead atoms. The van der Waals surface area contributed by atoms with Gasteiger partial charge in [-0.3, -0.25) is 4.79 Å². The number of Topliss-reactive ketones (excluding diaryl/α,β-unsaturated/α-hetero) is 1. The van der Waals surface area contributed by atoms with Gasteiger partial charge >= 0.3 is 0 Å². The molecule has 1 saturated carbocycles. The van der Waals surface area contributed by atoms with Crippen molar-refractivity contribution in [3.05, 3.63) is 0 Å². The van der Waals surface area contributed by atoms with Gasteiger partial charge < -0.3 is 9.47 Å². The molecule has 0 radical (unpaired) electrons. The van der Waals surface area contributed by atoms with Gasteiger partial charge in [-0.25, -0.2) is 0 Å². The molecule has 3 heteroatoms. The van der Waals surface area contributed by atoms with Crippen molar-refractivity contribution in [1.29, 1.82) is 0 Å². The second-order valence-corrected chi connectivity index (χ2v) is 6.97. The maximum Gasteiger partial charge on any atom is 0.142 e. The molecule has 2 heterocycles. The zero-order valence-corrected chi connectivity index (χ0v) is 12.1. The SMILES string of the molecule is CC1(C(=O)C2CCOC3(CCOCC3)C2)CCCC1. The molecule has 1 unspecified atom stereocenters. The Morgan fingerprint density at radius 3 is 2.42 bits per heavy atom. The molecule has 19 heavy (non-hydrogen) atoms. The van der Waals surface area contributed by atoms with E-state index in [-0.39, 0.29) is 16.9 Å². The van der Waals surface area contributed by atoms with E-state index in [1.807, 2.05) is 0 Å². The highest BCUT2D eigenvalue weighted by Crippen LogP contribution is 2.45. The number of rotatable bonds is 2. The molecule has 2 aliphatic heterocycles. The van der Waals surface area contributed by atoms with Crippen molar-refractivity contribution >= 4 is 5.78 Å². The Bertz CT molecular complexity index is 332. The van der Waals surface area contributed by atoms with Gasteiger partial charge in [-0.2, -0.15) is 0 Å². The number of ether oxygens (including phenoxy) is 2. The number of hydrogen-bond donors (Lipinski definition) is 0. The summed E-state index contributed by atoms with van der Waals surface area (Å²) >= 11 is 0. The van der Waals surface area contributed by atoms with Crippen LogP contribution in [0.1, 0.15) is 58.3 Å². The summed E-state index contributed by atoms with van der Waals surface area (Å²) in [6, 6.07) is 0. The third kappa shape index (κ3) is 2.59. The van der Waals surface area contributed by atoms with Crippen molar-refractivity contribution in [2.75, 3.05) is 19.8 Å². The molecule has 3 nitrogen and oxygen atoms in total. The van der Waals surface area contributed by atoms with Crippen molar-refractivity contribution in [3.63, 3.8) is 0 Å². The molecule has 108 valence electrons. The van der Waals surface area contributed by atoms with Crippen LogP contribution in [-0.2, 0) is 14.3 Å². The van der Waals surface area contributed by atoms with E-state index in [0.717, 1.165) is 58.3 Å². The Hall–Kier alpha value is -0.410. The summed E-state index contributed by atoms with van der Waals surface area (Å²) in [5.41, 5.74) is -0.0832.